The van der Waals surface area contributed by atoms with E-state index in [0.717, 1.165) is 18.4 Å². The second-order valence-electron chi connectivity index (χ2n) is 8.30. The van der Waals surface area contributed by atoms with Crippen LogP contribution < -0.4 is 20.1 Å². The van der Waals surface area contributed by atoms with Gasteiger partial charge in [0.25, 0.3) is 5.91 Å². The van der Waals surface area contributed by atoms with Crippen molar-refractivity contribution in [3.05, 3.63) is 82.9 Å². The van der Waals surface area contributed by atoms with Crippen molar-refractivity contribution >= 4 is 33.1 Å². The number of nitrogens with one attached hydrogen (secondary N) is 4. The molecule has 1 amide bonds. The summed E-state index contributed by atoms with van der Waals surface area (Å²) in [4.78, 5) is 13.0. The average molecular weight is 545 g/mol. The summed E-state index contributed by atoms with van der Waals surface area (Å²) >= 11 is 6.09. The minimum atomic E-state index is -3.62. The molecule has 8 nitrogen and oxygen atoms in total. The van der Waals surface area contributed by atoms with Gasteiger partial charge >= 0.3 is 0 Å². The highest BCUT2D eigenvalue weighted by Crippen LogP contribution is 2.38. The van der Waals surface area contributed by atoms with Gasteiger partial charge in [0.2, 0.25) is 0 Å². The number of halogens is 1. The third kappa shape index (κ3) is 8.46. The second kappa shape index (κ2) is 14.0. The first-order valence-corrected chi connectivity index (χ1v) is 14.0. The van der Waals surface area contributed by atoms with Crippen LogP contribution >= 0.6 is 11.6 Å². The van der Waals surface area contributed by atoms with Crippen LogP contribution in [0.3, 0.4) is 0 Å². The molecule has 0 aromatic heterocycles. The Bertz CT molecular complexity index is 1290. The van der Waals surface area contributed by atoms with Crippen molar-refractivity contribution in [3.63, 3.8) is 0 Å². The molecule has 0 saturated carbocycles. The molecule has 10 heteroatoms. The Labute approximate surface area is 223 Å². The Kier molecular flexibility index (Phi) is 10.8. The van der Waals surface area contributed by atoms with E-state index < -0.39 is 9.92 Å². The van der Waals surface area contributed by atoms with E-state index in [0.29, 0.717) is 36.2 Å². The van der Waals surface area contributed by atoms with Gasteiger partial charge in [-0.3, -0.25) is 4.79 Å². The van der Waals surface area contributed by atoms with Crippen molar-refractivity contribution in [1.82, 2.24) is 10.0 Å². The molecule has 4 N–H and O–H groups in total. The fraction of sp³-hybridized carbons (Fsp3) is 0.296. The Morgan fingerprint density at radius 3 is 2.54 bits per heavy atom. The maximum Gasteiger partial charge on any atom is 0.251 e. The second-order valence-corrected chi connectivity index (χ2v) is 10.6. The van der Waals surface area contributed by atoms with Gasteiger partial charge in [0.05, 0.1) is 12.3 Å². The van der Waals surface area contributed by atoms with E-state index in [1.807, 2.05) is 24.3 Å². The predicted molar refractivity (Wildman–Crippen MR) is 148 cm³/mol. The van der Waals surface area contributed by atoms with E-state index in [9.17, 15) is 9.00 Å². The molecule has 198 valence electrons. The lowest BCUT2D eigenvalue weighted by atomic mass is 10.1. The number of hydrogen-bond acceptors (Lipinski definition) is 6. The quantitative estimate of drug-likeness (QED) is 0.191. The first kappa shape index (κ1) is 28.5. The van der Waals surface area contributed by atoms with E-state index in [1.165, 1.54) is 6.07 Å². The molecule has 3 rings (SSSR count). The number of carbonyl (C=O) groups is 1. The lowest BCUT2D eigenvalue weighted by Gasteiger charge is -2.20. The zero-order valence-electron chi connectivity index (χ0n) is 21.0. The molecule has 0 aliphatic rings. The highest BCUT2D eigenvalue weighted by atomic mass is 35.5. The van der Waals surface area contributed by atoms with E-state index in [2.05, 4.69) is 22.3 Å². The first-order valence-electron chi connectivity index (χ1n) is 12.0. The lowest BCUT2D eigenvalue weighted by Crippen LogP contribution is -2.28. The number of benzene rings is 3. The molecule has 1 unspecified atom stereocenters. The number of methoxy groups -OCH3 is 1. The van der Waals surface area contributed by atoms with Crippen LogP contribution in [0.25, 0.3) is 0 Å². The minimum absolute atomic E-state index is 0.0665. The van der Waals surface area contributed by atoms with Crippen LogP contribution in [0, 0.1) is 4.78 Å². The molecule has 3 aromatic rings. The smallest absolute Gasteiger partial charge is 0.251 e. The molecule has 3 aromatic carbocycles. The molecule has 1 atom stereocenters. The largest absolute Gasteiger partial charge is 0.454 e. The summed E-state index contributed by atoms with van der Waals surface area (Å²) in [5, 5.41) is 6.63. The Balaban J connectivity index is 2.06. The number of amides is 1. The van der Waals surface area contributed by atoms with Crippen molar-refractivity contribution in [3.8, 4) is 11.5 Å². The van der Waals surface area contributed by atoms with Gasteiger partial charge in [-0.1, -0.05) is 55.3 Å². The van der Waals surface area contributed by atoms with Gasteiger partial charge in [-0.15, -0.1) is 0 Å². The first-order chi connectivity index (χ1) is 17.8. The number of hydrogen-bond donors (Lipinski definition) is 4. The van der Waals surface area contributed by atoms with Gasteiger partial charge in [-0.2, -0.15) is 0 Å². The third-order valence-corrected chi connectivity index (χ3v) is 7.10. The number of para-hydroxylation sites is 1. The van der Waals surface area contributed by atoms with Crippen LogP contribution in [0.5, 0.6) is 11.5 Å². The molecule has 0 aliphatic carbocycles. The monoisotopic (exact) mass is 544 g/mol. The zero-order valence-corrected chi connectivity index (χ0v) is 22.6. The van der Waals surface area contributed by atoms with Gasteiger partial charge in [-0.25, -0.2) is 13.7 Å². The van der Waals surface area contributed by atoms with Crippen molar-refractivity contribution in [1.29, 1.82) is 4.78 Å². The summed E-state index contributed by atoms with van der Waals surface area (Å²) in [6.07, 6.45) is 1.84. The topological polar surface area (TPSA) is 113 Å². The minimum Gasteiger partial charge on any atom is -0.454 e. The fourth-order valence-electron chi connectivity index (χ4n) is 3.47. The molecule has 0 spiro atoms. The van der Waals surface area contributed by atoms with Crippen LogP contribution in [0.4, 0.5) is 5.69 Å². The lowest BCUT2D eigenvalue weighted by molar-refractivity contribution is 0.0937. The van der Waals surface area contributed by atoms with E-state index >= 15 is 0 Å². The average Bonchev–Trinajstić information content (AvgIpc) is 2.89. The fourth-order valence-corrected chi connectivity index (χ4v) is 4.91. The van der Waals surface area contributed by atoms with Crippen LogP contribution in [-0.4, -0.2) is 36.9 Å². The van der Waals surface area contributed by atoms with Crippen molar-refractivity contribution in [2.75, 3.05) is 32.1 Å². The summed E-state index contributed by atoms with van der Waals surface area (Å²) in [5.74, 6) is 0.382. The maximum atomic E-state index is 13.8. The summed E-state index contributed by atoms with van der Waals surface area (Å²) in [6.45, 7) is 3.49. The standard InChI is InChI=1S/C27H33ClN4O4S/c1-3-4-13-30-24-17-21(27(33)31-14-15-35-2)18-25(26(24)36-23-11-6-5-7-12-23)37(29,34)32-19-20-9-8-10-22(28)16-20/h5-12,16-18,30H,3-4,13-15,19H2,1-2H3,(H,31,33)(H2,29,32,34). The van der Waals surface area contributed by atoms with Crippen molar-refractivity contribution < 1.29 is 18.5 Å². The molecule has 0 bridgehead atoms. The van der Waals surface area contributed by atoms with Gasteiger partial charge in [0.15, 0.2) is 5.75 Å². The Hall–Kier alpha value is -3.11. The number of anilines is 1. The van der Waals surface area contributed by atoms with Crippen LogP contribution in [0.1, 0.15) is 35.7 Å². The van der Waals surface area contributed by atoms with Gasteiger partial charge in [-0.05, 0) is 48.4 Å². The molecular weight excluding hydrogens is 512 g/mol. The van der Waals surface area contributed by atoms with Crippen molar-refractivity contribution in [2.45, 2.75) is 31.2 Å². The highest BCUT2D eigenvalue weighted by Gasteiger charge is 2.24. The van der Waals surface area contributed by atoms with Gasteiger partial charge in [0.1, 0.15) is 20.6 Å². The predicted octanol–water partition coefficient (Wildman–Crippen LogP) is 5.83. The van der Waals surface area contributed by atoms with Gasteiger partial charge < -0.3 is 20.1 Å². The molecule has 0 radical (unpaired) electrons. The molecule has 0 aliphatic heterocycles. The van der Waals surface area contributed by atoms with Crippen LogP contribution in [0.15, 0.2) is 71.6 Å². The van der Waals surface area contributed by atoms with E-state index in [-0.39, 0.29) is 28.7 Å². The van der Waals surface area contributed by atoms with Gasteiger partial charge in [0, 0.05) is 37.3 Å². The normalized spacial score (nSPS) is 12.5. The zero-order chi connectivity index (χ0) is 26.7. The van der Waals surface area contributed by atoms with E-state index in [1.54, 1.807) is 43.5 Å². The third-order valence-electron chi connectivity index (χ3n) is 5.40. The van der Waals surface area contributed by atoms with Crippen molar-refractivity contribution in [2.24, 2.45) is 0 Å². The summed E-state index contributed by atoms with van der Waals surface area (Å²) in [6, 6.07) is 19.3. The van der Waals surface area contributed by atoms with Crippen LogP contribution in [-0.2, 0) is 21.2 Å². The Morgan fingerprint density at radius 2 is 1.84 bits per heavy atom. The summed E-state index contributed by atoms with van der Waals surface area (Å²) in [5.41, 5.74) is 1.51. The highest BCUT2D eigenvalue weighted by molar-refractivity contribution is 7.90. The molecule has 0 heterocycles. The number of carbonyl (C=O) groups excluding carboxylic acids is 1. The van der Waals surface area contributed by atoms with E-state index in [4.69, 9.17) is 25.9 Å². The summed E-state index contributed by atoms with van der Waals surface area (Å²) in [7, 11) is -2.07. The number of unbranched alkanes of at least 4 members (excludes halogenated alkanes) is 1. The number of ether oxygens (including phenoxy) is 2. The summed E-state index contributed by atoms with van der Waals surface area (Å²) < 4.78 is 36.7. The molecular formula is C27H33ClN4O4S. The van der Waals surface area contributed by atoms with Crippen LogP contribution in [0.2, 0.25) is 5.02 Å². The molecule has 0 fully saturated rings. The maximum absolute atomic E-state index is 13.8. The SMILES string of the molecule is CCCCNc1cc(C(=O)NCCOC)cc(S(=N)(=O)NCc2cccc(Cl)c2)c1Oc1ccccc1. The molecule has 0 saturated heterocycles. The molecule has 37 heavy (non-hydrogen) atoms. The number of rotatable bonds is 14. The Morgan fingerprint density at radius 1 is 1.05 bits per heavy atom.